The molecule has 6 nitrogen and oxygen atoms in total. The van der Waals surface area contributed by atoms with E-state index < -0.39 is 36.4 Å². The van der Waals surface area contributed by atoms with Crippen LogP contribution in [0.2, 0.25) is 0 Å². The number of hydrogen-bond donors (Lipinski definition) is 3. The Kier molecular flexibility index (Phi) is 2.74. The Labute approximate surface area is 87.9 Å². The first kappa shape index (κ1) is 11.3. The van der Waals surface area contributed by atoms with Crippen LogP contribution in [0.25, 0.3) is 0 Å². The average Bonchev–Trinajstić information content (AvgIpc) is 2.60. The van der Waals surface area contributed by atoms with Crippen molar-refractivity contribution in [2.45, 2.75) is 50.3 Å². The third-order valence-corrected chi connectivity index (χ3v) is 2.69. The lowest BCUT2D eigenvalue weighted by molar-refractivity contribution is -0.217. The molecule has 0 radical (unpaired) electrons. The van der Waals surface area contributed by atoms with Crippen molar-refractivity contribution in [3.05, 3.63) is 0 Å². The molecule has 2 aliphatic rings. The van der Waals surface area contributed by atoms with Gasteiger partial charge in [0, 0.05) is 0 Å². The summed E-state index contributed by atoms with van der Waals surface area (Å²) >= 11 is 0. The number of rotatable bonds is 2. The lowest BCUT2D eigenvalue weighted by atomic mass is 10.1. The lowest BCUT2D eigenvalue weighted by Crippen LogP contribution is -2.46. The lowest BCUT2D eigenvalue weighted by Gasteiger charge is -2.25. The third-order valence-electron chi connectivity index (χ3n) is 2.69. The number of aliphatic hydroxyl groups is 2. The fourth-order valence-electron chi connectivity index (χ4n) is 1.97. The van der Waals surface area contributed by atoms with Crippen molar-refractivity contribution in [1.82, 2.24) is 0 Å². The normalized spacial score (nSPS) is 45.4. The van der Waals surface area contributed by atoms with E-state index in [1.807, 2.05) is 0 Å². The Morgan fingerprint density at radius 3 is 2.60 bits per heavy atom. The molecule has 2 aliphatic heterocycles. The Bertz CT molecular complexity index is 247. The molecule has 4 N–H and O–H groups in total. The predicted octanol–water partition coefficient (Wildman–Crippen LogP) is -1.46. The second-order valence-corrected chi connectivity index (χ2v) is 4.41. The Balaban J connectivity index is 2.05. The summed E-state index contributed by atoms with van der Waals surface area (Å²) < 4.78 is 16.3. The second-order valence-electron chi connectivity index (χ2n) is 4.41. The molecule has 2 heterocycles. The van der Waals surface area contributed by atoms with E-state index in [-0.39, 0.29) is 6.61 Å². The summed E-state index contributed by atoms with van der Waals surface area (Å²) in [7, 11) is 0. The average molecular weight is 219 g/mol. The van der Waals surface area contributed by atoms with Crippen molar-refractivity contribution >= 4 is 0 Å². The minimum Gasteiger partial charge on any atom is -0.395 e. The quantitative estimate of drug-likeness (QED) is 0.525. The summed E-state index contributed by atoms with van der Waals surface area (Å²) in [6.45, 7) is 3.26. The van der Waals surface area contributed by atoms with Gasteiger partial charge in [-0.3, -0.25) is 0 Å². The molecule has 5 atom stereocenters. The van der Waals surface area contributed by atoms with Gasteiger partial charge in [-0.2, -0.15) is 0 Å². The van der Waals surface area contributed by atoms with Crippen molar-refractivity contribution in [3.8, 4) is 0 Å². The summed E-state index contributed by atoms with van der Waals surface area (Å²) in [6, 6.07) is -0.624. The van der Waals surface area contributed by atoms with Crippen LogP contribution in [0, 0.1) is 0 Å². The van der Waals surface area contributed by atoms with Crippen LogP contribution in [0.1, 0.15) is 13.8 Å². The molecule has 0 saturated carbocycles. The van der Waals surface area contributed by atoms with E-state index in [4.69, 9.17) is 25.1 Å². The number of ether oxygens (including phenoxy) is 3. The summed E-state index contributed by atoms with van der Waals surface area (Å²) in [5.74, 6) is -0.745. The zero-order valence-electron chi connectivity index (χ0n) is 8.79. The van der Waals surface area contributed by atoms with Crippen LogP contribution in [0.4, 0.5) is 0 Å². The molecule has 0 amide bonds. The van der Waals surface area contributed by atoms with Gasteiger partial charge in [0.15, 0.2) is 12.1 Å². The third kappa shape index (κ3) is 1.89. The summed E-state index contributed by atoms with van der Waals surface area (Å²) in [4.78, 5) is 0. The van der Waals surface area contributed by atoms with Gasteiger partial charge in [-0.15, -0.1) is 0 Å². The standard InChI is InChI=1S/C9H17NO5/c1-9(2)14-7-5(12)6(4(10)3-11)13-8(7)15-9/h4-8,11-12H,3,10H2,1-2H3/t4-,5+,6+,7-,8-/m1/s1. The fraction of sp³-hybridized carbons (Fsp3) is 1.00. The number of nitrogens with two attached hydrogens (primary N) is 1. The predicted molar refractivity (Wildman–Crippen MR) is 49.8 cm³/mol. The van der Waals surface area contributed by atoms with Crippen LogP contribution in [-0.2, 0) is 14.2 Å². The van der Waals surface area contributed by atoms with E-state index in [0.29, 0.717) is 0 Å². The molecule has 2 saturated heterocycles. The highest BCUT2D eigenvalue weighted by Gasteiger charge is 2.55. The van der Waals surface area contributed by atoms with Crippen LogP contribution < -0.4 is 5.73 Å². The topological polar surface area (TPSA) is 94.2 Å². The first-order chi connectivity index (χ1) is 6.94. The molecule has 2 fully saturated rings. The van der Waals surface area contributed by atoms with Crippen LogP contribution in [-0.4, -0.2) is 53.3 Å². The van der Waals surface area contributed by atoms with E-state index in [2.05, 4.69) is 0 Å². The molecule has 0 aromatic rings. The molecule has 2 rings (SSSR count). The molecular weight excluding hydrogens is 202 g/mol. The first-order valence-corrected chi connectivity index (χ1v) is 5.00. The first-order valence-electron chi connectivity index (χ1n) is 5.00. The maximum absolute atomic E-state index is 9.87. The SMILES string of the molecule is CC1(C)O[C@H]2O[C@@H]([C@H](N)CO)[C@H](O)[C@H]2O1. The van der Waals surface area contributed by atoms with Gasteiger partial charge in [-0.25, -0.2) is 0 Å². The van der Waals surface area contributed by atoms with Gasteiger partial charge in [0.2, 0.25) is 0 Å². The summed E-state index contributed by atoms with van der Waals surface area (Å²) in [6.07, 6.45) is -2.62. The number of aliphatic hydroxyl groups excluding tert-OH is 2. The van der Waals surface area contributed by atoms with Crippen molar-refractivity contribution in [2.75, 3.05) is 6.61 Å². The van der Waals surface area contributed by atoms with Crippen molar-refractivity contribution in [3.63, 3.8) is 0 Å². The molecule has 0 unspecified atom stereocenters. The molecule has 6 heteroatoms. The van der Waals surface area contributed by atoms with Crippen molar-refractivity contribution in [2.24, 2.45) is 5.73 Å². The Hall–Kier alpha value is -0.240. The molecule has 88 valence electrons. The highest BCUT2D eigenvalue weighted by molar-refractivity contribution is 4.96. The van der Waals surface area contributed by atoms with Gasteiger partial charge in [-0.05, 0) is 13.8 Å². The molecule has 15 heavy (non-hydrogen) atoms. The van der Waals surface area contributed by atoms with Gasteiger partial charge in [0.25, 0.3) is 0 Å². The number of fused-ring (bicyclic) bond motifs is 1. The van der Waals surface area contributed by atoms with Gasteiger partial charge < -0.3 is 30.2 Å². The van der Waals surface area contributed by atoms with E-state index in [1.54, 1.807) is 13.8 Å². The van der Waals surface area contributed by atoms with Crippen molar-refractivity contribution in [1.29, 1.82) is 0 Å². The minimum absolute atomic E-state index is 0.245. The van der Waals surface area contributed by atoms with Gasteiger partial charge in [0.1, 0.15) is 18.3 Å². The molecule has 0 bridgehead atoms. The Morgan fingerprint density at radius 1 is 1.40 bits per heavy atom. The highest BCUT2D eigenvalue weighted by atomic mass is 16.8. The maximum Gasteiger partial charge on any atom is 0.190 e. The molecular formula is C9H17NO5. The van der Waals surface area contributed by atoms with Crippen molar-refractivity contribution < 1.29 is 24.4 Å². The monoisotopic (exact) mass is 219 g/mol. The van der Waals surface area contributed by atoms with Crippen LogP contribution in [0.15, 0.2) is 0 Å². The van der Waals surface area contributed by atoms with E-state index in [1.165, 1.54) is 0 Å². The minimum atomic E-state index is -0.862. The Morgan fingerprint density at radius 2 is 2.07 bits per heavy atom. The smallest absolute Gasteiger partial charge is 0.190 e. The summed E-state index contributed by atoms with van der Waals surface area (Å²) in [5.41, 5.74) is 5.59. The van der Waals surface area contributed by atoms with E-state index in [9.17, 15) is 5.11 Å². The molecule has 0 aromatic heterocycles. The summed E-state index contributed by atoms with van der Waals surface area (Å²) in [5, 5.41) is 18.8. The van der Waals surface area contributed by atoms with E-state index in [0.717, 1.165) is 0 Å². The fourth-order valence-corrected chi connectivity index (χ4v) is 1.97. The number of hydrogen-bond acceptors (Lipinski definition) is 6. The molecule has 0 aliphatic carbocycles. The van der Waals surface area contributed by atoms with Gasteiger partial charge >= 0.3 is 0 Å². The van der Waals surface area contributed by atoms with Gasteiger partial charge in [0.05, 0.1) is 12.6 Å². The molecule has 0 aromatic carbocycles. The largest absolute Gasteiger partial charge is 0.395 e. The maximum atomic E-state index is 9.87. The van der Waals surface area contributed by atoms with Crippen LogP contribution >= 0.6 is 0 Å². The second kappa shape index (κ2) is 3.65. The van der Waals surface area contributed by atoms with Crippen LogP contribution in [0.5, 0.6) is 0 Å². The zero-order valence-corrected chi connectivity index (χ0v) is 8.79. The highest BCUT2D eigenvalue weighted by Crippen LogP contribution is 2.37. The zero-order chi connectivity index (χ0) is 11.2. The molecule has 0 spiro atoms. The van der Waals surface area contributed by atoms with E-state index >= 15 is 0 Å². The van der Waals surface area contributed by atoms with Crippen LogP contribution in [0.3, 0.4) is 0 Å². The van der Waals surface area contributed by atoms with Gasteiger partial charge in [-0.1, -0.05) is 0 Å².